The molecule has 3 aromatic rings. The molecule has 0 atom stereocenters. The summed E-state index contributed by atoms with van der Waals surface area (Å²) in [6.45, 7) is 13.9. The van der Waals surface area contributed by atoms with Gasteiger partial charge in [0.2, 0.25) is 0 Å². The molecular formula is C44H53FO10. The van der Waals surface area contributed by atoms with Gasteiger partial charge in [-0.15, -0.1) is 0 Å². The second-order valence-corrected chi connectivity index (χ2v) is 13.7. The van der Waals surface area contributed by atoms with Crippen molar-refractivity contribution >= 4 is 18.1 Å². The molecule has 1 aliphatic rings. The van der Waals surface area contributed by atoms with Gasteiger partial charge in [-0.05, 0) is 117 Å². The highest BCUT2D eigenvalue weighted by Crippen LogP contribution is 2.35. The molecule has 1 fully saturated rings. The Morgan fingerprint density at radius 1 is 0.727 bits per heavy atom. The number of hydrogen-bond donors (Lipinski definition) is 0. The Morgan fingerprint density at radius 2 is 1.33 bits per heavy atom. The van der Waals surface area contributed by atoms with Crippen molar-refractivity contribution in [3.8, 4) is 28.4 Å². The summed E-state index contributed by atoms with van der Waals surface area (Å²) >= 11 is 0. The van der Waals surface area contributed by atoms with Crippen LogP contribution in [0.3, 0.4) is 0 Å². The maximum absolute atomic E-state index is 15.5. The Kier molecular flexibility index (Phi) is 17.1. The lowest BCUT2D eigenvalue weighted by Gasteiger charge is -2.24. The van der Waals surface area contributed by atoms with E-state index in [1.807, 2.05) is 24.3 Å². The third-order valence-electron chi connectivity index (χ3n) is 8.79. The van der Waals surface area contributed by atoms with Crippen molar-refractivity contribution in [3.05, 3.63) is 101 Å². The number of rotatable bonds is 23. The van der Waals surface area contributed by atoms with Crippen LogP contribution in [0.2, 0.25) is 0 Å². The van der Waals surface area contributed by atoms with E-state index in [9.17, 15) is 14.4 Å². The van der Waals surface area contributed by atoms with Crippen molar-refractivity contribution in [1.82, 2.24) is 0 Å². The number of carbonyl (C=O) groups is 3. The second-order valence-electron chi connectivity index (χ2n) is 13.7. The number of ether oxygens (including phenoxy) is 7. The summed E-state index contributed by atoms with van der Waals surface area (Å²) in [5, 5.41) is 0. The van der Waals surface area contributed by atoms with Gasteiger partial charge >= 0.3 is 18.1 Å². The van der Waals surface area contributed by atoms with E-state index in [0.29, 0.717) is 48.1 Å². The molecule has 0 amide bonds. The third kappa shape index (κ3) is 14.1. The first-order chi connectivity index (χ1) is 26.5. The lowest BCUT2D eigenvalue weighted by molar-refractivity contribution is -0.139. The number of halogens is 1. The van der Waals surface area contributed by atoms with Gasteiger partial charge in [0.05, 0.1) is 25.7 Å². The van der Waals surface area contributed by atoms with Gasteiger partial charge in [-0.3, -0.25) is 0 Å². The van der Waals surface area contributed by atoms with Gasteiger partial charge in [-0.1, -0.05) is 51.1 Å². The molecule has 296 valence electrons. The molecule has 0 radical (unpaired) electrons. The monoisotopic (exact) mass is 760 g/mol. The Balaban J connectivity index is 1.50. The molecule has 0 unspecified atom stereocenters. The fourth-order valence-corrected chi connectivity index (χ4v) is 5.78. The molecule has 0 aliphatic carbocycles. The lowest BCUT2D eigenvalue weighted by atomic mass is 9.94. The highest BCUT2D eigenvalue weighted by Gasteiger charge is 2.23. The minimum absolute atomic E-state index is 0.105. The van der Waals surface area contributed by atoms with Crippen molar-refractivity contribution < 1.29 is 51.9 Å². The summed E-state index contributed by atoms with van der Waals surface area (Å²) in [4.78, 5) is 35.5. The Hall–Kier alpha value is -5.32. The Morgan fingerprint density at radius 3 is 1.89 bits per heavy atom. The van der Waals surface area contributed by atoms with Crippen molar-refractivity contribution in [2.24, 2.45) is 5.92 Å². The van der Waals surface area contributed by atoms with Crippen molar-refractivity contribution in [3.63, 3.8) is 0 Å². The van der Waals surface area contributed by atoms with Gasteiger partial charge < -0.3 is 33.2 Å². The van der Waals surface area contributed by atoms with E-state index >= 15 is 4.39 Å². The average Bonchev–Trinajstić information content (AvgIpc) is 3.17. The summed E-state index contributed by atoms with van der Waals surface area (Å²) in [7, 11) is 0. The summed E-state index contributed by atoms with van der Waals surface area (Å²) in [6.07, 6.45) is 5.77. The number of benzene rings is 3. The molecule has 11 heteroatoms. The van der Waals surface area contributed by atoms with Gasteiger partial charge in [0.1, 0.15) is 37.9 Å². The van der Waals surface area contributed by atoms with E-state index in [-0.39, 0.29) is 57.9 Å². The molecule has 0 saturated carbocycles. The molecule has 0 N–H and O–H groups in total. The quantitative estimate of drug-likeness (QED) is 0.0402. The van der Waals surface area contributed by atoms with Crippen LogP contribution in [0.25, 0.3) is 11.1 Å². The highest BCUT2D eigenvalue weighted by atomic mass is 19.1. The topological polar surface area (TPSA) is 116 Å². The van der Waals surface area contributed by atoms with E-state index in [1.54, 1.807) is 26.0 Å². The third-order valence-corrected chi connectivity index (χ3v) is 8.79. The van der Waals surface area contributed by atoms with Crippen LogP contribution in [0.15, 0.2) is 78.9 Å². The largest absolute Gasteiger partial charge is 0.508 e. The van der Waals surface area contributed by atoms with Crippen LogP contribution in [-0.2, 0) is 47.8 Å². The molecular weight excluding hydrogens is 707 g/mol. The summed E-state index contributed by atoms with van der Waals surface area (Å²) in [6, 6.07) is 16.7. The average molecular weight is 761 g/mol. The van der Waals surface area contributed by atoms with Crippen LogP contribution < -0.4 is 14.2 Å². The van der Waals surface area contributed by atoms with Crippen LogP contribution >= 0.6 is 0 Å². The first-order valence-electron chi connectivity index (χ1n) is 18.9. The van der Waals surface area contributed by atoms with Crippen LogP contribution in [0, 0.1) is 11.7 Å². The molecule has 4 rings (SSSR count). The summed E-state index contributed by atoms with van der Waals surface area (Å²) in [5.74, 6) is -0.230. The number of esters is 2. The highest BCUT2D eigenvalue weighted by molar-refractivity contribution is 5.87. The summed E-state index contributed by atoms with van der Waals surface area (Å²) in [5.41, 5.74) is 4.84. The zero-order valence-electron chi connectivity index (χ0n) is 32.3. The maximum Gasteiger partial charge on any atom is 0.508 e. The molecule has 1 aliphatic heterocycles. The van der Waals surface area contributed by atoms with Crippen LogP contribution in [0.1, 0.15) is 69.6 Å². The smallest absolute Gasteiger partial charge is 0.492 e. The van der Waals surface area contributed by atoms with Gasteiger partial charge in [0.25, 0.3) is 0 Å². The SMILES string of the molecule is C=C(C)C(=O)OCCCc1cc(-c2ccc(OCCOc3ccc(CCCCC)cc3)c(F)c2)cc(CCCOC(=O)C(=C)C)c1OCC1COC(=O)OC1. The van der Waals surface area contributed by atoms with E-state index < -0.39 is 23.9 Å². The molecule has 1 saturated heterocycles. The predicted molar refractivity (Wildman–Crippen MR) is 207 cm³/mol. The van der Waals surface area contributed by atoms with Gasteiger partial charge in [0.15, 0.2) is 11.6 Å². The van der Waals surface area contributed by atoms with Gasteiger partial charge in [-0.2, -0.15) is 0 Å². The number of aryl methyl sites for hydroxylation is 3. The molecule has 55 heavy (non-hydrogen) atoms. The number of hydrogen-bond acceptors (Lipinski definition) is 10. The van der Waals surface area contributed by atoms with Crippen LogP contribution in [0.5, 0.6) is 17.2 Å². The fourth-order valence-electron chi connectivity index (χ4n) is 5.78. The van der Waals surface area contributed by atoms with Crippen molar-refractivity contribution in [1.29, 1.82) is 0 Å². The zero-order chi connectivity index (χ0) is 39.6. The normalized spacial score (nSPS) is 12.6. The lowest BCUT2D eigenvalue weighted by Crippen LogP contribution is -2.31. The molecule has 0 bridgehead atoms. The first-order valence-corrected chi connectivity index (χ1v) is 18.9. The van der Waals surface area contributed by atoms with Crippen molar-refractivity contribution in [2.45, 2.75) is 72.1 Å². The van der Waals surface area contributed by atoms with E-state index in [1.165, 1.54) is 24.5 Å². The Bertz CT molecular complexity index is 1700. The van der Waals surface area contributed by atoms with Gasteiger partial charge in [-0.25, -0.2) is 18.8 Å². The van der Waals surface area contributed by atoms with E-state index in [0.717, 1.165) is 35.3 Å². The van der Waals surface area contributed by atoms with Crippen LogP contribution in [-0.4, -0.2) is 64.3 Å². The minimum atomic E-state index is -0.716. The molecule has 10 nitrogen and oxygen atoms in total. The predicted octanol–water partition coefficient (Wildman–Crippen LogP) is 8.95. The minimum Gasteiger partial charge on any atom is -0.492 e. The van der Waals surface area contributed by atoms with E-state index in [4.69, 9.17) is 33.2 Å². The number of carbonyl (C=O) groups excluding carboxylic acids is 3. The first kappa shape index (κ1) is 42.4. The van der Waals surface area contributed by atoms with Gasteiger partial charge in [0, 0.05) is 11.1 Å². The molecule has 3 aromatic carbocycles. The fraction of sp³-hybridized carbons (Fsp3) is 0.432. The Labute approximate surface area is 323 Å². The standard InChI is InChI=1S/C44H53FO10/c1-6-7-8-11-32-14-17-38(18-15-32)49-22-23-50-40-19-16-34(26-39(40)45)37-24-35(12-9-20-51-42(46)30(2)3)41(53-27-33-28-54-44(48)55-29-33)36(25-37)13-10-21-52-43(47)31(4)5/h14-19,24-26,33H,2,4,6-13,20-23,27-29H2,1,3,5H3. The maximum atomic E-state index is 15.5. The number of unbranched alkanes of at least 4 members (excludes halogenated alkanes) is 2. The second kappa shape index (κ2) is 22.2. The summed E-state index contributed by atoms with van der Waals surface area (Å²) < 4.78 is 54.3. The van der Waals surface area contributed by atoms with Crippen LogP contribution in [0.4, 0.5) is 9.18 Å². The number of cyclic esters (lactones) is 2. The molecule has 1 heterocycles. The molecule has 0 aromatic heterocycles. The van der Waals surface area contributed by atoms with E-state index in [2.05, 4.69) is 32.2 Å². The zero-order valence-corrected chi connectivity index (χ0v) is 32.3. The van der Waals surface area contributed by atoms with Crippen molar-refractivity contribution in [2.75, 3.05) is 46.2 Å². The molecule has 0 spiro atoms.